The third-order valence-corrected chi connectivity index (χ3v) is 3.18. The van der Waals surface area contributed by atoms with Gasteiger partial charge in [0.05, 0.1) is 0 Å². The minimum absolute atomic E-state index is 0.263. The van der Waals surface area contributed by atoms with E-state index < -0.39 is 7.12 Å². The van der Waals surface area contributed by atoms with E-state index >= 15 is 0 Å². The molecule has 0 spiro atoms. The van der Waals surface area contributed by atoms with Crippen molar-refractivity contribution in [3.05, 3.63) is 59.9 Å². The van der Waals surface area contributed by atoms with Crippen molar-refractivity contribution >= 4 is 18.3 Å². The van der Waals surface area contributed by atoms with Gasteiger partial charge >= 0.3 is 7.12 Å². The van der Waals surface area contributed by atoms with E-state index in [0.717, 1.165) is 17.8 Å². The molecule has 20 heavy (non-hydrogen) atoms. The van der Waals surface area contributed by atoms with Gasteiger partial charge in [-0.3, -0.25) is 0 Å². The van der Waals surface area contributed by atoms with Crippen LogP contribution in [0.1, 0.15) is 12.5 Å². The lowest BCUT2D eigenvalue weighted by Gasteiger charge is -2.23. The summed E-state index contributed by atoms with van der Waals surface area (Å²) in [5.74, 6) is -0.263. The van der Waals surface area contributed by atoms with Crippen molar-refractivity contribution < 1.29 is 14.4 Å². The van der Waals surface area contributed by atoms with Gasteiger partial charge in [-0.2, -0.15) is 0 Å². The molecule has 2 rings (SSSR count). The fourth-order valence-corrected chi connectivity index (χ4v) is 2.13. The summed E-state index contributed by atoms with van der Waals surface area (Å²) in [5, 5.41) is 18.4. The molecule has 0 bridgehead atoms. The van der Waals surface area contributed by atoms with Crippen LogP contribution in [0.4, 0.5) is 10.1 Å². The molecule has 0 aliphatic heterocycles. The number of hydrogen-bond donors (Lipinski definition) is 2. The van der Waals surface area contributed by atoms with Crippen LogP contribution in [0.15, 0.2) is 48.5 Å². The summed E-state index contributed by atoms with van der Waals surface area (Å²) in [4.78, 5) is 2.02. The summed E-state index contributed by atoms with van der Waals surface area (Å²) in [6, 6.07) is 13.5. The molecule has 2 aromatic rings. The number of hydrogen-bond acceptors (Lipinski definition) is 3. The van der Waals surface area contributed by atoms with E-state index in [2.05, 4.69) is 0 Å². The molecule has 0 unspecified atom stereocenters. The minimum atomic E-state index is -1.47. The highest BCUT2D eigenvalue weighted by atomic mass is 19.1. The molecule has 0 amide bonds. The standard InChI is InChI=1S/C15H17BFNO2/c1-2-18(15-8-4-7-14(17)10-15)11-12-5-3-6-13(9-12)16(19)20/h3-10,19-20H,2,11H2,1H3. The van der Waals surface area contributed by atoms with Gasteiger partial charge in [0.2, 0.25) is 0 Å². The van der Waals surface area contributed by atoms with Gasteiger partial charge in [0, 0.05) is 18.8 Å². The summed E-state index contributed by atoms with van der Waals surface area (Å²) >= 11 is 0. The third-order valence-electron chi connectivity index (χ3n) is 3.18. The molecule has 2 N–H and O–H groups in total. The number of halogens is 1. The molecule has 2 aromatic carbocycles. The van der Waals surface area contributed by atoms with Gasteiger partial charge in [0.1, 0.15) is 5.82 Å². The van der Waals surface area contributed by atoms with Crippen molar-refractivity contribution in [3.8, 4) is 0 Å². The van der Waals surface area contributed by atoms with Crippen LogP contribution in [0.25, 0.3) is 0 Å². The molecular formula is C15H17BFNO2. The van der Waals surface area contributed by atoms with E-state index in [0.29, 0.717) is 12.0 Å². The van der Waals surface area contributed by atoms with Crippen LogP contribution >= 0.6 is 0 Å². The van der Waals surface area contributed by atoms with E-state index in [9.17, 15) is 14.4 Å². The molecule has 0 radical (unpaired) electrons. The minimum Gasteiger partial charge on any atom is -0.423 e. The van der Waals surface area contributed by atoms with Crippen molar-refractivity contribution in [2.45, 2.75) is 13.5 Å². The molecule has 0 aliphatic carbocycles. The van der Waals surface area contributed by atoms with E-state index in [1.807, 2.05) is 24.0 Å². The first-order valence-electron chi connectivity index (χ1n) is 6.55. The fourth-order valence-electron chi connectivity index (χ4n) is 2.13. The maximum absolute atomic E-state index is 13.3. The van der Waals surface area contributed by atoms with E-state index in [1.165, 1.54) is 12.1 Å². The van der Waals surface area contributed by atoms with Crippen LogP contribution < -0.4 is 10.4 Å². The number of nitrogens with zero attached hydrogens (tertiary/aromatic N) is 1. The second-order valence-corrected chi connectivity index (χ2v) is 4.61. The topological polar surface area (TPSA) is 43.7 Å². The van der Waals surface area contributed by atoms with E-state index in [4.69, 9.17) is 0 Å². The molecule has 0 aromatic heterocycles. The van der Waals surface area contributed by atoms with Gasteiger partial charge in [-0.05, 0) is 36.1 Å². The molecule has 5 heteroatoms. The summed E-state index contributed by atoms with van der Waals surface area (Å²) in [6.07, 6.45) is 0. The Morgan fingerprint density at radius 2 is 1.85 bits per heavy atom. The lowest BCUT2D eigenvalue weighted by Crippen LogP contribution is -2.30. The molecular weight excluding hydrogens is 256 g/mol. The number of benzene rings is 2. The third kappa shape index (κ3) is 3.59. The molecule has 0 aliphatic rings. The zero-order valence-corrected chi connectivity index (χ0v) is 11.3. The molecule has 0 saturated carbocycles. The smallest absolute Gasteiger partial charge is 0.423 e. The van der Waals surface area contributed by atoms with E-state index in [1.54, 1.807) is 24.3 Å². The molecule has 0 heterocycles. The normalized spacial score (nSPS) is 10.4. The molecule has 0 saturated heterocycles. The summed E-state index contributed by atoms with van der Waals surface area (Å²) < 4.78 is 13.3. The first kappa shape index (κ1) is 14.6. The monoisotopic (exact) mass is 273 g/mol. The van der Waals surface area contributed by atoms with Crippen LogP contribution in [0.5, 0.6) is 0 Å². The Morgan fingerprint density at radius 1 is 1.10 bits per heavy atom. The lowest BCUT2D eigenvalue weighted by molar-refractivity contribution is 0.425. The maximum Gasteiger partial charge on any atom is 0.488 e. The fraction of sp³-hybridized carbons (Fsp3) is 0.200. The molecule has 3 nitrogen and oxygen atoms in total. The van der Waals surface area contributed by atoms with Gasteiger partial charge in [0.15, 0.2) is 0 Å². The van der Waals surface area contributed by atoms with Crippen molar-refractivity contribution in [2.75, 3.05) is 11.4 Å². The number of rotatable bonds is 5. The van der Waals surface area contributed by atoms with Crippen LogP contribution in [0, 0.1) is 5.82 Å². The van der Waals surface area contributed by atoms with Crippen LogP contribution in [-0.4, -0.2) is 23.7 Å². The molecule has 104 valence electrons. The van der Waals surface area contributed by atoms with Crippen molar-refractivity contribution in [2.24, 2.45) is 0 Å². The molecule has 0 fully saturated rings. The Balaban J connectivity index is 2.20. The Morgan fingerprint density at radius 3 is 2.50 bits per heavy atom. The van der Waals surface area contributed by atoms with Crippen LogP contribution in [-0.2, 0) is 6.54 Å². The Bertz CT molecular complexity index is 577. The highest BCUT2D eigenvalue weighted by Crippen LogP contribution is 2.17. The Hall–Kier alpha value is -1.85. The SMILES string of the molecule is CCN(Cc1cccc(B(O)O)c1)c1cccc(F)c1. The average Bonchev–Trinajstić information content (AvgIpc) is 2.45. The van der Waals surface area contributed by atoms with Gasteiger partial charge in [0.25, 0.3) is 0 Å². The lowest BCUT2D eigenvalue weighted by atomic mass is 9.79. The predicted octanol–water partition coefficient (Wildman–Crippen LogP) is 1.53. The quantitative estimate of drug-likeness (QED) is 0.812. The highest BCUT2D eigenvalue weighted by molar-refractivity contribution is 6.58. The van der Waals surface area contributed by atoms with Crippen molar-refractivity contribution in [3.63, 3.8) is 0 Å². The molecule has 0 atom stereocenters. The zero-order valence-electron chi connectivity index (χ0n) is 11.3. The summed E-state index contributed by atoms with van der Waals surface area (Å²) in [6.45, 7) is 3.31. The van der Waals surface area contributed by atoms with Crippen LogP contribution in [0.3, 0.4) is 0 Å². The van der Waals surface area contributed by atoms with Crippen molar-refractivity contribution in [1.29, 1.82) is 0 Å². The van der Waals surface area contributed by atoms with Crippen LogP contribution in [0.2, 0.25) is 0 Å². The maximum atomic E-state index is 13.3. The first-order chi connectivity index (χ1) is 9.60. The Kier molecular flexibility index (Phi) is 4.77. The second-order valence-electron chi connectivity index (χ2n) is 4.61. The van der Waals surface area contributed by atoms with Gasteiger partial charge in [-0.15, -0.1) is 0 Å². The predicted molar refractivity (Wildman–Crippen MR) is 79.4 cm³/mol. The van der Waals surface area contributed by atoms with Crippen molar-refractivity contribution in [1.82, 2.24) is 0 Å². The number of anilines is 1. The first-order valence-corrected chi connectivity index (χ1v) is 6.55. The summed E-state index contributed by atoms with van der Waals surface area (Å²) in [5.41, 5.74) is 2.21. The summed E-state index contributed by atoms with van der Waals surface area (Å²) in [7, 11) is -1.47. The second kappa shape index (κ2) is 6.54. The average molecular weight is 273 g/mol. The van der Waals surface area contributed by atoms with Gasteiger partial charge in [-0.25, -0.2) is 4.39 Å². The zero-order chi connectivity index (χ0) is 14.5. The van der Waals surface area contributed by atoms with E-state index in [-0.39, 0.29) is 5.82 Å². The largest absolute Gasteiger partial charge is 0.488 e. The van der Waals surface area contributed by atoms with Gasteiger partial charge < -0.3 is 14.9 Å². The van der Waals surface area contributed by atoms with Gasteiger partial charge in [-0.1, -0.05) is 30.3 Å². The Labute approximate surface area is 118 Å². The highest BCUT2D eigenvalue weighted by Gasteiger charge is 2.12.